The van der Waals surface area contributed by atoms with Crippen molar-refractivity contribution in [2.45, 2.75) is 26.3 Å². The minimum atomic E-state index is -0.516. The van der Waals surface area contributed by atoms with Crippen LogP contribution in [-0.2, 0) is 5.54 Å². The number of hydrogen-bond acceptors (Lipinski definition) is 4. The highest BCUT2D eigenvalue weighted by Crippen LogP contribution is 2.36. The molecule has 6 nitrogen and oxygen atoms in total. The van der Waals surface area contributed by atoms with E-state index >= 15 is 0 Å². The molecule has 0 N–H and O–H groups in total. The van der Waals surface area contributed by atoms with Crippen molar-refractivity contribution < 1.29 is 9.66 Å². The average molecular weight is 278 g/mol. The van der Waals surface area contributed by atoms with Gasteiger partial charge in [0.2, 0.25) is 0 Å². The van der Waals surface area contributed by atoms with Crippen LogP contribution in [0.4, 0.5) is 5.69 Å². The Labute approximate surface area is 95.5 Å². The highest BCUT2D eigenvalue weighted by molar-refractivity contribution is 9.10. The molecule has 1 rings (SSSR count). The van der Waals surface area contributed by atoms with Gasteiger partial charge in [-0.2, -0.15) is 0 Å². The Kier molecular flexibility index (Phi) is 3.03. The molecule has 0 fully saturated rings. The normalized spacial score (nSPS) is 11.5. The van der Waals surface area contributed by atoms with Crippen LogP contribution in [0, 0.1) is 10.1 Å². The van der Waals surface area contributed by atoms with E-state index in [-0.39, 0.29) is 17.1 Å². The van der Waals surface area contributed by atoms with Crippen LogP contribution in [0.25, 0.3) is 0 Å². The van der Waals surface area contributed by atoms with Gasteiger partial charge in [-0.3, -0.25) is 10.1 Å². The summed E-state index contributed by atoms with van der Waals surface area (Å²) in [5, 5.41) is 14.8. The van der Waals surface area contributed by atoms with Gasteiger partial charge in [0.1, 0.15) is 0 Å². The molecule has 0 aliphatic heterocycles. The number of nitrogens with zero attached hydrogens (tertiary/aromatic N) is 3. The van der Waals surface area contributed by atoms with E-state index in [0.29, 0.717) is 4.60 Å². The van der Waals surface area contributed by atoms with Gasteiger partial charge in [0.15, 0.2) is 4.60 Å². The number of nitro groups is 1. The van der Waals surface area contributed by atoms with Crippen molar-refractivity contribution in [1.82, 2.24) is 9.78 Å². The lowest BCUT2D eigenvalue weighted by atomic mass is 10.1. The zero-order valence-electron chi connectivity index (χ0n) is 8.94. The first-order valence-electron chi connectivity index (χ1n) is 4.26. The summed E-state index contributed by atoms with van der Waals surface area (Å²) >= 11 is 3.16. The highest BCUT2D eigenvalue weighted by atomic mass is 79.9. The molecule has 1 heterocycles. The van der Waals surface area contributed by atoms with E-state index in [1.807, 2.05) is 20.8 Å². The lowest BCUT2D eigenvalue weighted by Gasteiger charge is -2.19. The Morgan fingerprint density at radius 3 is 2.33 bits per heavy atom. The van der Waals surface area contributed by atoms with Crippen LogP contribution in [0.5, 0.6) is 5.88 Å². The summed E-state index contributed by atoms with van der Waals surface area (Å²) in [6.07, 6.45) is 0. The van der Waals surface area contributed by atoms with Crippen molar-refractivity contribution in [1.29, 1.82) is 0 Å². The van der Waals surface area contributed by atoms with Gasteiger partial charge in [0.25, 0.3) is 0 Å². The van der Waals surface area contributed by atoms with E-state index < -0.39 is 4.92 Å². The van der Waals surface area contributed by atoms with Crippen LogP contribution in [0.15, 0.2) is 4.60 Å². The van der Waals surface area contributed by atoms with E-state index in [1.165, 1.54) is 11.8 Å². The Hall–Kier alpha value is -1.11. The van der Waals surface area contributed by atoms with Crippen molar-refractivity contribution in [2.24, 2.45) is 0 Å². The summed E-state index contributed by atoms with van der Waals surface area (Å²) in [7, 11) is 1.36. The lowest BCUT2D eigenvalue weighted by molar-refractivity contribution is -0.386. The third-order valence-corrected chi connectivity index (χ3v) is 2.50. The van der Waals surface area contributed by atoms with Gasteiger partial charge in [0, 0.05) is 0 Å². The van der Waals surface area contributed by atoms with Crippen LogP contribution in [0.1, 0.15) is 20.8 Å². The fourth-order valence-electron chi connectivity index (χ4n) is 1.11. The number of methoxy groups -OCH3 is 1. The third-order valence-electron chi connectivity index (χ3n) is 1.79. The van der Waals surface area contributed by atoms with Gasteiger partial charge in [0.05, 0.1) is 17.6 Å². The molecule has 0 spiro atoms. The maximum Gasteiger partial charge on any atom is 0.364 e. The molecule has 0 aliphatic rings. The number of ether oxygens (including phenoxy) is 1. The van der Waals surface area contributed by atoms with Crippen LogP contribution in [-0.4, -0.2) is 21.8 Å². The Morgan fingerprint density at radius 2 is 2.07 bits per heavy atom. The van der Waals surface area contributed by atoms with E-state index in [1.54, 1.807) is 0 Å². The summed E-state index contributed by atoms with van der Waals surface area (Å²) in [5.74, 6) is 0.0156. The first-order valence-corrected chi connectivity index (χ1v) is 5.05. The Morgan fingerprint density at radius 1 is 1.53 bits per heavy atom. The van der Waals surface area contributed by atoms with E-state index in [9.17, 15) is 10.1 Å². The second-order valence-corrected chi connectivity index (χ2v) is 4.74. The highest BCUT2D eigenvalue weighted by Gasteiger charge is 2.31. The molecule has 0 bridgehead atoms. The van der Waals surface area contributed by atoms with Crippen molar-refractivity contribution in [2.75, 3.05) is 7.11 Å². The molecule has 0 saturated carbocycles. The number of aromatic nitrogens is 2. The molecule has 0 atom stereocenters. The van der Waals surface area contributed by atoms with E-state index in [0.717, 1.165) is 0 Å². The second-order valence-electron chi connectivity index (χ2n) is 3.99. The van der Waals surface area contributed by atoms with Crippen LogP contribution in [0.3, 0.4) is 0 Å². The summed E-state index contributed by atoms with van der Waals surface area (Å²) in [6, 6.07) is 0. The zero-order valence-corrected chi connectivity index (χ0v) is 10.5. The van der Waals surface area contributed by atoms with Gasteiger partial charge in [-0.15, -0.1) is 5.10 Å². The quantitative estimate of drug-likeness (QED) is 0.614. The maximum atomic E-state index is 10.8. The number of rotatable bonds is 2. The van der Waals surface area contributed by atoms with Crippen LogP contribution in [0.2, 0.25) is 0 Å². The van der Waals surface area contributed by atoms with Crippen molar-refractivity contribution in [3.63, 3.8) is 0 Å². The first kappa shape index (κ1) is 12.0. The average Bonchev–Trinajstić information content (AvgIpc) is 2.41. The van der Waals surface area contributed by atoms with Crippen molar-refractivity contribution >= 4 is 21.6 Å². The predicted molar refractivity (Wildman–Crippen MR) is 58.1 cm³/mol. The third kappa shape index (κ3) is 2.11. The largest absolute Gasteiger partial charge is 0.475 e. The number of halogens is 1. The van der Waals surface area contributed by atoms with Gasteiger partial charge in [-0.05, 0) is 36.7 Å². The first-order chi connectivity index (χ1) is 6.79. The SMILES string of the molecule is COc1nn(C(C)(C)C)c(Br)c1[N+](=O)[O-]. The molecule has 0 amide bonds. The molecular formula is C8H12BrN3O3. The molecule has 0 aliphatic carbocycles. The fraction of sp³-hybridized carbons (Fsp3) is 0.625. The molecule has 1 aromatic rings. The van der Waals surface area contributed by atoms with E-state index in [4.69, 9.17) is 4.74 Å². The molecule has 0 unspecified atom stereocenters. The minimum absolute atomic E-state index is 0.0156. The molecule has 15 heavy (non-hydrogen) atoms. The minimum Gasteiger partial charge on any atom is -0.475 e. The summed E-state index contributed by atoms with van der Waals surface area (Å²) < 4.78 is 6.69. The Balaban J connectivity index is 3.41. The maximum absolute atomic E-state index is 10.8. The molecule has 1 aromatic heterocycles. The van der Waals surface area contributed by atoms with Gasteiger partial charge >= 0.3 is 11.6 Å². The molecule has 0 aromatic carbocycles. The molecule has 7 heteroatoms. The van der Waals surface area contributed by atoms with Gasteiger partial charge in [-0.25, -0.2) is 4.68 Å². The molecule has 0 saturated heterocycles. The predicted octanol–water partition coefficient (Wildman–Crippen LogP) is 2.32. The standard InChI is InChI=1S/C8H12BrN3O3/c1-8(2,3)11-6(9)5(12(13)14)7(10-11)15-4/h1-4H3. The zero-order chi connectivity index (χ0) is 11.8. The molecule has 84 valence electrons. The van der Waals surface area contributed by atoms with Crippen LogP contribution < -0.4 is 4.74 Å². The summed E-state index contributed by atoms with van der Waals surface area (Å²) in [5.41, 5.74) is -0.493. The van der Waals surface area contributed by atoms with Gasteiger partial charge in [-0.1, -0.05) is 0 Å². The second kappa shape index (κ2) is 3.80. The van der Waals surface area contributed by atoms with Crippen molar-refractivity contribution in [3.8, 4) is 5.88 Å². The van der Waals surface area contributed by atoms with Crippen LogP contribution >= 0.6 is 15.9 Å². The van der Waals surface area contributed by atoms with E-state index in [2.05, 4.69) is 21.0 Å². The summed E-state index contributed by atoms with van der Waals surface area (Å²) in [4.78, 5) is 10.3. The fourth-order valence-corrected chi connectivity index (χ4v) is 2.03. The summed E-state index contributed by atoms with van der Waals surface area (Å²) in [6.45, 7) is 5.69. The number of hydrogen-bond donors (Lipinski definition) is 0. The Bertz CT molecular complexity index is 395. The lowest BCUT2D eigenvalue weighted by Crippen LogP contribution is -2.23. The van der Waals surface area contributed by atoms with Gasteiger partial charge < -0.3 is 4.74 Å². The monoisotopic (exact) mass is 277 g/mol. The molecule has 0 radical (unpaired) electrons. The topological polar surface area (TPSA) is 70.2 Å². The smallest absolute Gasteiger partial charge is 0.364 e. The van der Waals surface area contributed by atoms with Crippen molar-refractivity contribution in [3.05, 3.63) is 14.7 Å². The molecular weight excluding hydrogens is 266 g/mol.